The molecule has 0 aromatic rings. The molecule has 0 rings (SSSR count). The minimum Gasteiger partial charge on any atom is -0.419 e. The molecule has 0 aliphatic heterocycles. The van der Waals surface area contributed by atoms with Gasteiger partial charge in [-0.2, -0.15) is 11.6 Å². The number of rotatable bonds is 2. The molecule has 0 spiro atoms. The third kappa shape index (κ3) is 5.87. The van der Waals surface area contributed by atoms with Crippen molar-refractivity contribution in [1.82, 2.24) is 0 Å². The zero-order chi connectivity index (χ0) is 7.28. The zero-order valence-corrected chi connectivity index (χ0v) is 8.46. The molecule has 1 nitrogen and oxygen atoms in total. The first-order valence-electron chi connectivity index (χ1n) is 2.47. The van der Waals surface area contributed by atoms with Crippen LogP contribution in [0.5, 0.6) is 0 Å². The fraction of sp³-hybridized carbons (Fsp3) is 0.286. The fourth-order valence-corrected chi connectivity index (χ4v) is 0.292. The molecule has 3 heteroatoms. The molecular formula is C7H7FORe-2. The standard InChI is InChI=1S/C7H7FO.Re/c1-3-7(8)4-6(2)5-9;/h4H,1-2H3;/q-2;. The van der Waals surface area contributed by atoms with Crippen molar-refractivity contribution in [3.05, 3.63) is 23.6 Å². The van der Waals surface area contributed by atoms with Gasteiger partial charge in [-0.1, -0.05) is 12.8 Å². The van der Waals surface area contributed by atoms with E-state index in [9.17, 15) is 9.18 Å². The van der Waals surface area contributed by atoms with Crippen LogP contribution in [0.25, 0.3) is 0 Å². The van der Waals surface area contributed by atoms with E-state index in [0.29, 0.717) is 0 Å². The molecule has 0 bridgehead atoms. The van der Waals surface area contributed by atoms with Gasteiger partial charge < -0.3 is 4.79 Å². The third-order valence-corrected chi connectivity index (χ3v) is 0.743. The summed E-state index contributed by atoms with van der Waals surface area (Å²) in [6, 6.07) is 0. The molecule has 0 N–H and O–H groups in total. The predicted octanol–water partition coefficient (Wildman–Crippen LogP) is 1.72. The molecule has 0 aliphatic carbocycles. The van der Waals surface area contributed by atoms with Gasteiger partial charge in [0.05, 0.1) is 0 Å². The van der Waals surface area contributed by atoms with E-state index in [2.05, 4.69) is 6.08 Å². The molecule has 0 unspecified atom stereocenters. The minimum atomic E-state index is -0.532. The Morgan fingerprint density at radius 1 is 1.60 bits per heavy atom. The summed E-state index contributed by atoms with van der Waals surface area (Å²) >= 11 is 0. The molecule has 0 aromatic heterocycles. The number of halogens is 1. The van der Waals surface area contributed by atoms with Crippen LogP contribution < -0.4 is 0 Å². The van der Waals surface area contributed by atoms with Gasteiger partial charge in [0.25, 0.3) is 0 Å². The number of hydrogen-bond acceptors (Lipinski definition) is 1. The van der Waals surface area contributed by atoms with Gasteiger partial charge in [0, 0.05) is 20.4 Å². The van der Waals surface area contributed by atoms with Crippen molar-refractivity contribution >= 4 is 6.29 Å². The summed E-state index contributed by atoms with van der Waals surface area (Å²) in [5, 5.41) is 0. The van der Waals surface area contributed by atoms with Crippen LogP contribution in [-0.4, -0.2) is 6.29 Å². The monoisotopic (exact) mass is 313 g/mol. The van der Waals surface area contributed by atoms with Gasteiger partial charge in [-0.3, -0.25) is 4.39 Å². The van der Waals surface area contributed by atoms with Crippen molar-refractivity contribution in [2.75, 3.05) is 0 Å². The quantitative estimate of drug-likeness (QED) is 0.431. The number of carbonyl (C=O) groups excluding carboxylic acids is 1. The molecule has 10 heavy (non-hydrogen) atoms. The Hall–Kier alpha value is -0.258. The Morgan fingerprint density at radius 2 is 2.10 bits per heavy atom. The van der Waals surface area contributed by atoms with Crippen molar-refractivity contribution in [2.45, 2.75) is 13.8 Å². The second-order valence-electron chi connectivity index (χ2n) is 1.53. The van der Waals surface area contributed by atoms with Crippen molar-refractivity contribution in [1.29, 1.82) is 0 Å². The summed E-state index contributed by atoms with van der Waals surface area (Å²) in [6.07, 6.45) is 4.84. The van der Waals surface area contributed by atoms with Gasteiger partial charge in [-0.15, -0.1) is 6.92 Å². The molecule has 1 radical (unpaired) electrons. The van der Waals surface area contributed by atoms with Crippen LogP contribution in [0, 0.1) is 6.08 Å². The molecule has 0 saturated heterocycles. The van der Waals surface area contributed by atoms with Crippen LogP contribution in [0.2, 0.25) is 0 Å². The number of hydrogen-bond donors (Lipinski definition) is 0. The summed E-state index contributed by atoms with van der Waals surface area (Å²) in [4.78, 5) is 9.76. The second-order valence-corrected chi connectivity index (χ2v) is 1.53. The molecule has 0 atom stereocenters. The Kier molecular flexibility index (Phi) is 8.52. The van der Waals surface area contributed by atoms with Gasteiger partial charge in [-0.05, 0) is 6.29 Å². The Balaban J connectivity index is 0. The molecule has 0 heterocycles. The van der Waals surface area contributed by atoms with Crippen molar-refractivity contribution in [2.24, 2.45) is 0 Å². The van der Waals surface area contributed by atoms with Gasteiger partial charge in [0.2, 0.25) is 0 Å². The summed E-state index contributed by atoms with van der Waals surface area (Å²) in [5.74, 6) is -0.532. The van der Waals surface area contributed by atoms with Gasteiger partial charge in [-0.25, -0.2) is 6.08 Å². The van der Waals surface area contributed by atoms with E-state index >= 15 is 0 Å². The van der Waals surface area contributed by atoms with E-state index in [4.69, 9.17) is 0 Å². The van der Waals surface area contributed by atoms with Gasteiger partial charge in [0.1, 0.15) is 0 Å². The third-order valence-electron chi connectivity index (χ3n) is 0.743. The second kappa shape index (κ2) is 6.86. The maximum atomic E-state index is 12.1. The van der Waals surface area contributed by atoms with Crippen LogP contribution in [0.3, 0.4) is 0 Å². The molecule has 0 aliphatic rings. The van der Waals surface area contributed by atoms with Crippen LogP contribution in [0.4, 0.5) is 4.39 Å². The summed E-state index contributed by atoms with van der Waals surface area (Å²) in [5.41, 5.74) is 0.238. The molecule has 0 aromatic carbocycles. The van der Waals surface area contributed by atoms with E-state index in [1.165, 1.54) is 13.8 Å². The molecule has 0 fully saturated rings. The van der Waals surface area contributed by atoms with E-state index in [1.54, 1.807) is 6.29 Å². The normalized spacial score (nSPS) is 12.3. The van der Waals surface area contributed by atoms with Crippen LogP contribution in [0.15, 0.2) is 17.5 Å². The molecular weight excluding hydrogens is 305 g/mol. The maximum absolute atomic E-state index is 12.1. The van der Waals surface area contributed by atoms with Crippen molar-refractivity contribution in [3.8, 4) is 0 Å². The molecule has 57 valence electrons. The molecule has 0 amide bonds. The Labute approximate surface area is 73.7 Å². The minimum absolute atomic E-state index is 0. The van der Waals surface area contributed by atoms with E-state index < -0.39 is 5.83 Å². The summed E-state index contributed by atoms with van der Waals surface area (Å²) in [7, 11) is 0. The average molecular weight is 312 g/mol. The van der Waals surface area contributed by atoms with Crippen molar-refractivity contribution < 1.29 is 29.6 Å². The van der Waals surface area contributed by atoms with Crippen molar-refractivity contribution in [3.63, 3.8) is 0 Å². The summed E-state index contributed by atoms with van der Waals surface area (Å²) in [6.45, 7) is 2.91. The van der Waals surface area contributed by atoms with Crippen LogP contribution in [0.1, 0.15) is 13.8 Å². The topological polar surface area (TPSA) is 17.1 Å². The Morgan fingerprint density at radius 3 is 2.40 bits per heavy atom. The van der Waals surface area contributed by atoms with E-state index in [0.717, 1.165) is 6.08 Å². The van der Waals surface area contributed by atoms with Gasteiger partial charge >= 0.3 is 0 Å². The van der Waals surface area contributed by atoms with E-state index in [-0.39, 0.29) is 26.0 Å². The first kappa shape index (κ1) is 12.4. The van der Waals surface area contributed by atoms with Crippen LogP contribution in [-0.2, 0) is 25.2 Å². The SMILES string of the molecule is C[C-]=C(F)C=C(C)[C-]=O.[Re]. The smallest absolute Gasteiger partial charge is 0 e. The molecule has 0 saturated carbocycles. The average Bonchev–Trinajstić information content (AvgIpc) is 1.87. The van der Waals surface area contributed by atoms with E-state index in [1.807, 2.05) is 0 Å². The number of allylic oxidation sites excluding steroid dienone is 4. The van der Waals surface area contributed by atoms with Gasteiger partial charge in [0.15, 0.2) is 0 Å². The van der Waals surface area contributed by atoms with Crippen LogP contribution >= 0.6 is 0 Å². The first-order chi connectivity index (χ1) is 4.20. The fourth-order valence-electron chi connectivity index (χ4n) is 0.292. The Bertz CT molecular complexity index is 161. The maximum Gasteiger partial charge on any atom is 0 e. The zero-order valence-electron chi connectivity index (χ0n) is 5.74. The predicted molar refractivity (Wildman–Crippen MR) is 33.0 cm³/mol. The summed E-state index contributed by atoms with van der Waals surface area (Å²) < 4.78 is 12.1. The largest absolute Gasteiger partial charge is 0.419 e. The first-order valence-corrected chi connectivity index (χ1v) is 2.47.